The topological polar surface area (TPSA) is 65.3 Å². The third-order valence-electron chi connectivity index (χ3n) is 2.91. The van der Waals surface area contributed by atoms with Crippen molar-refractivity contribution in [1.29, 1.82) is 0 Å². The van der Waals surface area contributed by atoms with Gasteiger partial charge < -0.3 is 13.4 Å². The number of hydrogen-bond donors (Lipinski definition) is 0. The fraction of sp³-hybridized carbons (Fsp3) is 0.250. The highest BCUT2D eigenvalue weighted by molar-refractivity contribution is 5.34. The second kappa shape index (κ2) is 3.83. The van der Waals surface area contributed by atoms with E-state index in [1.165, 1.54) is 4.57 Å². The predicted octanol–water partition coefficient (Wildman–Crippen LogP) is 1.15. The van der Waals surface area contributed by atoms with Crippen LogP contribution in [0, 0.1) is 13.8 Å². The van der Waals surface area contributed by atoms with E-state index in [0.29, 0.717) is 18.1 Å². The molecule has 0 amide bonds. The summed E-state index contributed by atoms with van der Waals surface area (Å²) in [5.74, 6) is 1.31. The Labute approximate surface area is 103 Å². The Morgan fingerprint density at radius 1 is 1.28 bits per heavy atom. The van der Waals surface area contributed by atoms with Crippen LogP contribution in [0.1, 0.15) is 17.3 Å². The summed E-state index contributed by atoms with van der Waals surface area (Å²) in [5.41, 5.74) is 1.09. The average Bonchev–Trinajstić information content (AvgIpc) is 2.91. The van der Waals surface area contributed by atoms with E-state index in [1.54, 1.807) is 29.2 Å². The van der Waals surface area contributed by atoms with Crippen molar-refractivity contribution < 1.29 is 4.42 Å². The van der Waals surface area contributed by atoms with Crippen LogP contribution >= 0.6 is 0 Å². The van der Waals surface area contributed by atoms with Crippen molar-refractivity contribution >= 4 is 5.65 Å². The Morgan fingerprint density at radius 3 is 2.83 bits per heavy atom. The van der Waals surface area contributed by atoms with Gasteiger partial charge in [0.05, 0.1) is 5.69 Å². The van der Waals surface area contributed by atoms with Gasteiger partial charge in [-0.3, -0.25) is 4.79 Å². The van der Waals surface area contributed by atoms with Gasteiger partial charge >= 0.3 is 0 Å². The van der Waals surface area contributed by atoms with Crippen molar-refractivity contribution in [2.24, 2.45) is 0 Å². The number of nitrogens with zero attached hydrogens (tertiary/aromatic N) is 4. The summed E-state index contributed by atoms with van der Waals surface area (Å²) in [5, 5.41) is 0. The van der Waals surface area contributed by atoms with Gasteiger partial charge in [0.15, 0.2) is 0 Å². The normalized spacial score (nSPS) is 11.2. The molecule has 0 N–H and O–H groups in total. The Hall–Kier alpha value is -2.37. The Kier molecular flexibility index (Phi) is 2.29. The summed E-state index contributed by atoms with van der Waals surface area (Å²) in [6, 6.07) is 0. The molecule has 18 heavy (non-hydrogen) atoms. The van der Waals surface area contributed by atoms with Gasteiger partial charge in [-0.1, -0.05) is 0 Å². The SMILES string of the molecule is Cc1nc(Cn2ccn3ccnc3c2=O)oc1C. The zero-order chi connectivity index (χ0) is 12.7. The lowest BCUT2D eigenvalue weighted by molar-refractivity contribution is 0.454. The van der Waals surface area contributed by atoms with Crippen LogP contribution < -0.4 is 5.56 Å². The zero-order valence-corrected chi connectivity index (χ0v) is 10.1. The van der Waals surface area contributed by atoms with E-state index in [2.05, 4.69) is 9.97 Å². The maximum atomic E-state index is 12.1. The van der Waals surface area contributed by atoms with Gasteiger partial charge in [0.1, 0.15) is 12.3 Å². The van der Waals surface area contributed by atoms with E-state index in [-0.39, 0.29) is 5.56 Å². The van der Waals surface area contributed by atoms with Crippen LogP contribution in [0.2, 0.25) is 0 Å². The highest BCUT2D eigenvalue weighted by Gasteiger charge is 2.09. The third-order valence-corrected chi connectivity index (χ3v) is 2.91. The van der Waals surface area contributed by atoms with Gasteiger partial charge in [-0.2, -0.15) is 0 Å². The number of aromatic nitrogens is 4. The molecule has 0 saturated carbocycles. The van der Waals surface area contributed by atoms with Gasteiger partial charge in [-0.25, -0.2) is 9.97 Å². The molecule has 0 aliphatic carbocycles. The van der Waals surface area contributed by atoms with E-state index < -0.39 is 0 Å². The van der Waals surface area contributed by atoms with Crippen molar-refractivity contribution in [3.8, 4) is 0 Å². The first-order chi connectivity index (χ1) is 8.65. The minimum absolute atomic E-state index is 0.156. The molecule has 6 nitrogen and oxygen atoms in total. The zero-order valence-electron chi connectivity index (χ0n) is 10.1. The molecule has 3 aromatic rings. The third kappa shape index (κ3) is 1.62. The summed E-state index contributed by atoms with van der Waals surface area (Å²) >= 11 is 0. The van der Waals surface area contributed by atoms with Crippen LogP contribution in [0.4, 0.5) is 0 Å². The number of rotatable bonds is 2. The summed E-state index contributed by atoms with van der Waals surface area (Å²) in [6.45, 7) is 4.05. The second-order valence-electron chi connectivity index (χ2n) is 4.14. The van der Waals surface area contributed by atoms with E-state index in [1.807, 2.05) is 13.8 Å². The minimum Gasteiger partial charge on any atom is -0.444 e. The fourth-order valence-electron chi connectivity index (χ4n) is 1.82. The van der Waals surface area contributed by atoms with Crippen LogP contribution in [0.3, 0.4) is 0 Å². The Bertz CT molecular complexity index is 746. The van der Waals surface area contributed by atoms with Gasteiger partial charge in [0, 0.05) is 24.8 Å². The first-order valence-electron chi connectivity index (χ1n) is 5.60. The van der Waals surface area contributed by atoms with Crippen molar-refractivity contribution in [3.63, 3.8) is 0 Å². The number of imidazole rings is 1. The summed E-state index contributed by atoms with van der Waals surface area (Å²) in [7, 11) is 0. The molecular formula is C12H12N4O2. The molecule has 0 aliphatic heterocycles. The molecule has 6 heteroatoms. The highest BCUT2D eigenvalue weighted by atomic mass is 16.4. The number of aryl methyl sites for hydroxylation is 2. The molecule has 3 heterocycles. The molecule has 0 aromatic carbocycles. The van der Waals surface area contributed by atoms with Crippen LogP contribution in [0.5, 0.6) is 0 Å². The first-order valence-corrected chi connectivity index (χ1v) is 5.60. The molecule has 0 saturated heterocycles. The molecule has 0 bridgehead atoms. The van der Waals surface area contributed by atoms with Crippen LogP contribution in [0.15, 0.2) is 34.0 Å². The predicted molar refractivity (Wildman–Crippen MR) is 64.5 cm³/mol. The van der Waals surface area contributed by atoms with E-state index in [9.17, 15) is 4.79 Å². The minimum atomic E-state index is -0.156. The maximum Gasteiger partial charge on any atom is 0.294 e. The molecule has 0 fully saturated rings. The molecule has 0 spiro atoms. The standard InChI is InChI=1S/C12H12N4O2/c1-8-9(2)18-10(14-8)7-16-6-5-15-4-3-13-11(15)12(16)17/h3-6H,7H2,1-2H3. The first kappa shape index (κ1) is 10.8. The second-order valence-corrected chi connectivity index (χ2v) is 4.14. The molecule has 0 aliphatic rings. The number of fused-ring (bicyclic) bond motifs is 1. The molecule has 0 atom stereocenters. The van der Waals surface area contributed by atoms with E-state index in [0.717, 1.165) is 11.5 Å². The Morgan fingerprint density at radius 2 is 2.11 bits per heavy atom. The lowest BCUT2D eigenvalue weighted by Gasteiger charge is -2.02. The van der Waals surface area contributed by atoms with Gasteiger partial charge in [-0.05, 0) is 13.8 Å². The van der Waals surface area contributed by atoms with Crippen LogP contribution in [0.25, 0.3) is 5.65 Å². The van der Waals surface area contributed by atoms with E-state index in [4.69, 9.17) is 4.42 Å². The molecule has 0 unspecified atom stereocenters. The lowest BCUT2D eigenvalue weighted by atomic mass is 10.4. The molecule has 3 aromatic heterocycles. The van der Waals surface area contributed by atoms with Crippen molar-refractivity contribution in [1.82, 2.24) is 18.9 Å². The Balaban J connectivity index is 2.04. The monoisotopic (exact) mass is 244 g/mol. The quantitative estimate of drug-likeness (QED) is 0.678. The number of hydrogen-bond acceptors (Lipinski definition) is 4. The van der Waals surface area contributed by atoms with Crippen LogP contribution in [-0.4, -0.2) is 18.9 Å². The average molecular weight is 244 g/mol. The van der Waals surface area contributed by atoms with Crippen molar-refractivity contribution in [2.75, 3.05) is 0 Å². The maximum absolute atomic E-state index is 12.1. The summed E-state index contributed by atoms with van der Waals surface area (Å²) in [6.07, 6.45) is 6.82. The van der Waals surface area contributed by atoms with E-state index >= 15 is 0 Å². The smallest absolute Gasteiger partial charge is 0.294 e. The number of oxazole rings is 1. The molecule has 3 rings (SSSR count). The summed E-state index contributed by atoms with van der Waals surface area (Å²) < 4.78 is 8.69. The van der Waals surface area contributed by atoms with Gasteiger partial charge in [0.2, 0.25) is 11.5 Å². The van der Waals surface area contributed by atoms with Crippen LogP contribution in [-0.2, 0) is 6.54 Å². The lowest BCUT2D eigenvalue weighted by Crippen LogP contribution is -2.22. The fourth-order valence-corrected chi connectivity index (χ4v) is 1.82. The van der Waals surface area contributed by atoms with Gasteiger partial charge in [-0.15, -0.1) is 0 Å². The summed E-state index contributed by atoms with van der Waals surface area (Å²) in [4.78, 5) is 20.4. The molecule has 92 valence electrons. The van der Waals surface area contributed by atoms with Gasteiger partial charge in [0.25, 0.3) is 5.56 Å². The van der Waals surface area contributed by atoms with Crippen molar-refractivity contribution in [2.45, 2.75) is 20.4 Å². The largest absolute Gasteiger partial charge is 0.444 e. The van der Waals surface area contributed by atoms with Crippen molar-refractivity contribution in [3.05, 3.63) is 52.5 Å². The molecular weight excluding hydrogens is 232 g/mol. The highest BCUT2D eigenvalue weighted by Crippen LogP contribution is 2.09. The molecule has 0 radical (unpaired) electrons.